The standard InChI is InChI=1S/C27H18F6/c1-23-14-13-16-8-4-6-10-18(16)21(23)20-17-9-5-3-7-15(17)11-12-19(20)22-24(23,2)26(30,31)27(32,33)25(22,28)29/h3-14H,1-2H3. The van der Waals surface area contributed by atoms with E-state index in [9.17, 15) is 8.78 Å². The molecule has 1 fully saturated rings. The third-order valence-corrected chi connectivity index (χ3v) is 8.06. The van der Waals surface area contributed by atoms with Crippen LogP contribution in [0.5, 0.6) is 0 Å². The van der Waals surface area contributed by atoms with E-state index in [1.165, 1.54) is 25.1 Å². The summed E-state index contributed by atoms with van der Waals surface area (Å²) in [5.74, 6) is -15.6. The van der Waals surface area contributed by atoms with E-state index in [4.69, 9.17) is 0 Å². The molecule has 3 aromatic carbocycles. The van der Waals surface area contributed by atoms with Gasteiger partial charge in [-0.1, -0.05) is 79.7 Å². The Morgan fingerprint density at radius 2 is 1.36 bits per heavy atom. The van der Waals surface area contributed by atoms with Crippen LogP contribution in [0.4, 0.5) is 26.3 Å². The van der Waals surface area contributed by atoms with E-state index >= 15 is 17.6 Å². The van der Waals surface area contributed by atoms with Crippen molar-refractivity contribution < 1.29 is 26.3 Å². The zero-order chi connectivity index (χ0) is 23.6. The van der Waals surface area contributed by atoms with Crippen molar-refractivity contribution in [3.8, 4) is 0 Å². The highest BCUT2D eigenvalue weighted by Crippen LogP contribution is 2.75. The topological polar surface area (TPSA) is 0 Å². The monoisotopic (exact) mass is 456 g/mol. The first kappa shape index (κ1) is 20.6. The van der Waals surface area contributed by atoms with E-state index in [1.807, 2.05) is 0 Å². The lowest BCUT2D eigenvalue weighted by Gasteiger charge is -2.51. The van der Waals surface area contributed by atoms with Gasteiger partial charge in [-0.3, -0.25) is 0 Å². The van der Waals surface area contributed by atoms with E-state index in [0.29, 0.717) is 27.1 Å². The van der Waals surface area contributed by atoms with Gasteiger partial charge in [0.15, 0.2) is 0 Å². The molecule has 0 saturated heterocycles. The van der Waals surface area contributed by atoms with Crippen molar-refractivity contribution in [1.82, 2.24) is 0 Å². The second-order valence-corrected chi connectivity index (χ2v) is 9.43. The minimum absolute atomic E-state index is 0.240. The Morgan fingerprint density at radius 1 is 0.697 bits per heavy atom. The first-order valence-corrected chi connectivity index (χ1v) is 10.6. The van der Waals surface area contributed by atoms with E-state index in [1.54, 1.807) is 54.6 Å². The lowest BCUT2D eigenvalue weighted by atomic mass is 9.52. The lowest BCUT2D eigenvalue weighted by Crippen LogP contribution is -2.58. The summed E-state index contributed by atoms with van der Waals surface area (Å²) in [6.07, 6.45) is 2.98. The molecule has 3 aliphatic rings. The van der Waals surface area contributed by atoms with Gasteiger partial charge < -0.3 is 0 Å². The molecule has 1 saturated carbocycles. The third-order valence-electron chi connectivity index (χ3n) is 8.06. The Morgan fingerprint density at radius 3 is 2.12 bits per heavy atom. The molecule has 2 atom stereocenters. The molecule has 0 aliphatic heterocycles. The molecular formula is C27H18F6. The van der Waals surface area contributed by atoms with Crippen LogP contribution >= 0.6 is 0 Å². The van der Waals surface area contributed by atoms with Gasteiger partial charge in [0, 0.05) is 11.0 Å². The van der Waals surface area contributed by atoms with Crippen LogP contribution in [0.3, 0.4) is 0 Å². The molecule has 3 aromatic rings. The quantitative estimate of drug-likeness (QED) is 0.356. The Kier molecular flexibility index (Phi) is 3.57. The molecule has 2 unspecified atom stereocenters. The van der Waals surface area contributed by atoms with Gasteiger partial charge in [-0.15, -0.1) is 0 Å². The number of allylic oxidation sites excluding steroid dienone is 1. The molecule has 33 heavy (non-hydrogen) atoms. The zero-order valence-corrected chi connectivity index (χ0v) is 17.7. The highest BCUT2D eigenvalue weighted by molar-refractivity contribution is 5.95. The Labute approximate surface area is 185 Å². The molecule has 0 N–H and O–H groups in total. The normalized spacial score (nSPS) is 29.9. The van der Waals surface area contributed by atoms with Gasteiger partial charge in [0.2, 0.25) is 0 Å². The smallest absolute Gasteiger partial charge is 0.199 e. The molecule has 0 heterocycles. The van der Waals surface area contributed by atoms with Crippen molar-refractivity contribution in [3.63, 3.8) is 0 Å². The number of halogens is 6. The van der Waals surface area contributed by atoms with Crippen molar-refractivity contribution in [1.29, 1.82) is 0 Å². The molecule has 0 amide bonds. The van der Waals surface area contributed by atoms with Crippen molar-refractivity contribution in [2.75, 3.05) is 0 Å². The largest absolute Gasteiger partial charge is 0.376 e. The molecule has 0 aromatic heterocycles. The Balaban J connectivity index is 2.00. The van der Waals surface area contributed by atoms with Crippen molar-refractivity contribution in [2.45, 2.75) is 31.6 Å². The summed E-state index contributed by atoms with van der Waals surface area (Å²) in [5, 5.41) is 1.34. The molecule has 0 nitrogen and oxygen atoms in total. The molecule has 6 rings (SSSR count). The predicted octanol–water partition coefficient (Wildman–Crippen LogP) is 6.16. The average Bonchev–Trinajstić information content (AvgIpc) is 2.86. The highest BCUT2D eigenvalue weighted by atomic mass is 19.3. The molecule has 168 valence electrons. The fourth-order valence-corrected chi connectivity index (χ4v) is 6.21. The minimum Gasteiger partial charge on any atom is -0.199 e. The number of fused-ring (bicyclic) bond motifs is 8. The lowest BCUT2D eigenvalue weighted by molar-refractivity contribution is -0.289. The molecule has 0 spiro atoms. The molecule has 3 aliphatic carbocycles. The number of hydrogen-bond donors (Lipinski definition) is 0. The summed E-state index contributed by atoms with van der Waals surface area (Å²) in [5.41, 5.74) is -4.21. The summed E-state index contributed by atoms with van der Waals surface area (Å²) >= 11 is 0. The van der Waals surface area contributed by atoms with Crippen molar-refractivity contribution in [2.24, 2.45) is 10.8 Å². The van der Waals surface area contributed by atoms with Crippen LogP contribution in [0.2, 0.25) is 0 Å². The first-order chi connectivity index (χ1) is 15.4. The second kappa shape index (κ2) is 5.72. The Bertz CT molecular complexity index is 1530. The maximum Gasteiger partial charge on any atom is 0.376 e. The molecular weight excluding hydrogens is 438 g/mol. The van der Waals surface area contributed by atoms with Crippen molar-refractivity contribution in [3.05, 3.63) is 88.3 Å². The van der Waals surface area contributed by atoms with E-state index in [-0.39, 0.29) is 5.22 Å². The second-order valence-electron chi connectivity index (χ2n) is 9.43. The van der Waals surface area contributed by atoms with E-state index in [0.717, 1.165) is 12.5 Å². The van der Waals surface area contributed by atoms with Crippen molar-refractivity contribution >= 4 is 28.0 Å². The SMILES string of the molecule is CC12C=Cc3ccccc3C1=c1c(ccc3ccccc13)=C1C(F)(F)C(F)(F)C(F)(F)C12C. The van der Waals surface area contributed by atoms with Gasteiger partial charge >= 0.3 is 17.8 Å². The summed E-state index contributed by atoms with van der Waals surface area (Å²) in [7, 11) is 0. The zero-order valence-electron chi connectivity index (χ0n) is 17.7. The van der Waals surface area contributed by atoms with E-state index < -0.39 is 34.2 Å². The maximum absolute atomic E-state index is 15.6. The third kappa shape index (κ3) is 1.95. The minimum atomic E-state index is -5.55. The van der Waals surface area contributed by atoms with Crippen LogP contribution in [0, 0.1) is 10.8 Å². The van der Waals surface area contributed by atoms with Gasteiger partial charge in [-0.2, -0.15) is 26.3 Å². The summed E-state index contributed by atoms with van der Waals surface area (Å²) in [6, 6.07) is 16.9. The van der Waals surface area contributed by atoms with Crippen LogP contribution in [0.15, 0.2) is 66.7 Å². The Hall–Kier alpha value is -3.02. The molecule has 0 bridgehead atoms. The van der Waals surface area contributed by atoms with Crippen LogP contribution in [0.25, 0.3) is 28.0 Å². The summed E-state index contributed by atoms with van der Waals surface area (Å²) in [6.45, 7) is 2.25. The molecule has 0 radical (unpaired) electrons. The van der Waals surface area contributed by atoms with Gasteiger partial charge in [0.1, 0.15) is 0 Å². The summed E-state index contributed by atoms with van der Waals surface area (Å²) < 4.78 is 91.9. The van der Waals surface area contributed by atoms with Crippen LogP contribution in [0.1, 0.15) is 25.0 Å². The average molecular weight is 456 g/mol. The fraction of sp³-hybridized carbons (Fsp3) is 0.259. The fourth-order valence-electron chi connectivity index (χ4n) is 6.21. The highest BCUT2D eigenvalue weighted by Gasteiger charge is 2.90. The van der Waals surface area contributed by atoms with Gasteiger partial charge in [0.05, 0.1) is 5.41 Å². The van der Waals surface area contributed by atoms with Gasteiger partial charge in [-0.05, 0) is 44.8 Å². The number of rotatable bonds is 0. The summed E-state index contributed by atoms with van der Waals surface area (Å²) in [4.78, 5) is 0. The maximum atomic E-state index is 15.6. The van der Waals surface area contributed by atoms with Gasteiger partial charge in [0.25, 0.3) is 0 Å². The van der Waals surface area contributed by atoms with E-state index in [2.05, 4.69) is 0 Å². The molecule has 6 heteroatoms. The number of benzene rings is 3. The van der Waals surface area contributed by atoms with Crippen LogP contribution in [-0.2, 0) is 0 Å². The number of alkyl halides is 6. The van der Waals surface area contributed by atoms with Crippen LogP contribution < -0.4 is 10.4 Å². The number of hydrogen-bond acceptors (Lipinski definition) is 0. The first-order valence-electron chi connectivity index (χ1n) is 10.6. The van der Waals surface area contributed by atoms with Gasteiger partial charge in [-0.25, -0.2) is 0 Å². The van der Waals surface area contributed by atoms with Crippen LogP contribution in [-0.4, -0.2) is 17.8 Å². The predicted molar refractivity (Wildman–Crippen MR) is 116 cm³/mol.